The maximum atomic E-state index is 13.6. The van der Waals surface area contributed by atoms with E-state index < -0.39 is 0 Å². The predicted octanol–water partition coefficient (Wildman–Crippen LogP) is 3.83. The molecule has 0 atom stereocenters. The van der Waals surface area contributed by atoms with E-state index in [9.17, 15) is 4.39 Å². The van der Waals surface area contributed by atoms with Crippen LogP contribution in [0.4, 0.5) is 4.39 Å². The molecule has 1 aromatic rings. The third-order valence-corrected chi connectivity index (χ3v) is 3.98. The van der Waals surface area contributed by atoms with Crippen LogP contribution in [-0.2, 0) is 6.42 Å². The Hall–Kier alpha value is -0.560. The zero-order valence-electron chi connectivity index (χ0n) is 12.0. The van der Waals surface area contributed by atoms with E-state index in [1.165, 1.54) is 18.9 Å². The predicted molar refractivity (Wildman–Crippen MR) is 97.1 cm³/mol. The van der Waals surface area contributed by atoms with E-state index in [2.05, 4.69) is 9.89 Å². The lowest BCUT2D eigenvalue weighted by molar-refractivity contribution is 0.428. The summed E-state index contributed by atoms with van der Waals surface area (Å²) in [5, 5.41) is 0.452. The van der Waals surface area contributed by atoms with Gasteiger partial charge >= 0.3 is 0 Å². The van der Waals surface area contributed by atoms with Crippen LogP contribution in [0.1, 0.15) is 31.2 Å². The van der Waals surface area contributed by atoms with E-state index in [1.54, 1.807) is 12.1 Å². The van der Waals surface area contributed by atoms with Gasteiger partial charge in [-0.25, -0.2) is 4.39 Å². The van der Waals surface area contributed by atoms with E-state index in [1.807, 2.05) is 0 Å². The molecule has 1 fully saturated rings. The van der Waals surface area contributed by atoms with Crippen LogP contribution in [-0.4, -0.2) is 30.5 Å². The Morgan fingerprint density at radius 1 is 1.24 bits per heavy atom. The van der Waals surface area contributed by atoms with Crippen LogP contribution in [0.25, 0.3) is 0 Å². The van der Waals surface area contributed by atoms with Gasteiger partial charge in [0.2, 0.25) is 0 Å². The summed E-state index contributed by atoms with van der Waals surface area (Å²) in [6.45, 7) is 2.40. The maximum absolute atomic E-state index is 13.6. The fraction of sp³-hybridized carbons (Fsp3) is 0.533. The van der Waals surface area contributed by atoms with Gasteiger partial charge in [-0.1, -0.05) is 30.5 Å². The summed E-state index contributed by atoms with van der Waals surface area (Å²) in [6, 6.07) is 4.72. The molecule has 1 heterocycles. The zero-order valence-corrected chi connectivity index (χ0v) is 15.1. The number of rotatable bonds is 3. The molecular weight excluding hydrogens is 404 g/mol. The van der Waals surface area contributed by atoms with Gasteiger partial charge in [0.25, 0.3) is 0 Å². The number of nitrogens with two attached hydrogens (primary N) is 1. The average molecular weight is 426 g/mol. The first-order valence-electron chi connectivity index (χ1n) is 7.16. The SMILES string of the molecule is I.NC(=NCCc1c(F)cccc1Cl)N1CCCCCC1. The summed E-state index contributed by atoms with van der Waals surface area (Å²) >= 11 is 5.98. The summed E-state index contributed by atoms with van der Waals surface area (Å²) in [5.41, 5.74) is 6.52. The fourth-order valence-electron chi connectivity index (χ4n) is 2.45. The van der Waals surface area contributed by atoms with Gasteiger partial charge in [0.05, 0.1) is 0 Å². The average Bonchev–Trinajstić information content (AvgIpc) is 2.71. The van der Waals surface area contributed by atoms with Gasteiger partial charge in [0.15, 0.2) is 5.96 Å². The van der Waals surface area contributed by atoms with Crippen LogP contribution >= 0.6 is 35.6 Å². The molecule has 0 amide bonds. The number of halogens is 3. The number of aliphatic imine (C=N–C) groups is 1. The third kappa shape index (κ3) is 5.62. The second kappa shape index (κ2) is 9.46. The molecule has 0 unspecified atom stereocenters. The van der Waals surface area contributed by atoms with Crippen molar-refractivity contribution in [1.82, 2.24) is 4.90 Å². The standard InChI is InChI=1S/C15H21ClFN3.HI/c16-13-6-5-7-14(17)12(13)8-9-19-15(18)20-10-3-1-2-4-11-20;/h5-7H,1-4,8-11H2,(H2,18,19);1H. The Kier molecular flexibility index (Phi) is 8.33. The molecule has 0 bridgehead atoms. The van der Waals surface area contributed by atoms with Crippen molar-refractivity contribution in [3.63, 3.8) is 0 Å². The van der Waals surface area contributed by atoms with Gasteiger partial charge in [-0.15, -0.1) is 24.0 Å². The Bertz CT molecular complexity index is 454. The highest BCUT2D eigenvalue weighted by atomic mass is 127. The number of likely N-dealkylation sites (tertiary alicyclic amines) is 1. The van der Waals surface area contributed by atoms with Crippen molar-refractivity contribution in [2.45, 2.75) is 32.1 Å². The summed E-state index contributed by atoms with van der Waals surface area (Å²) in [7, 11) is 0. The molecule has 21 heavy (non-hydrogen) atoms. The van der Waals surface area contributed by atoms with Crippen molar-refractivity contribution < 1.29 is 4.39 Å². The number of nitrogens with zero attached hydrogens (tertiary/aromatic N) is 2. The Balaban J connectivity index is 0.00000220. The minimum absolute atomic E-state index is 0. The smallest absolute Gasteiger partial charge is 0.191 e. The van der Waals surface area contributed by atoms with E-state index in [0.29, 0.717) is 29.5 Å². The highest BCUT2D eigenvalue weighted by Gasteiger charge is 2.11. The number of hydrogen-bond donors (Lipinski definition) is 1. The second-order valence-corrected chi connectivity index (χ2v) is 5.50. The van der Waals surface area contributed by atoms with E-state index in [-0.39, 0.29) is 29.8 Å². The molecule has 0 saturated carbocycles. The molecule has 0 aromatic heterocycles. The van der Waals surface area contributed by atoms with E-state index >= 15 is 0 Å². The zero-order chi connectivity index (χ0) is 14.4. The monoisotopic (exact) mass is 425 g/mol. The molecule has 2 rings (SSSR count). The number of guanidine groups is 1. The summed E-state index contributed by atoms with van der Waals surface area (Å²) in [6.07, 6.45) is 5.31. The van der Waals surface area contributed by atoms with Crippen LogP contribution in [0.3, 0.4) is 0 Å². The van der Waals surface area contributed by atoms with E-state index in [4.69, 9.17) is 17.3 Å². The van der Waals surface area contributed by atoms with Crippen LogP contribution in [0.2, 0.25) is 5.02 Å². The first kappa shape index (κ1) is 18.5. The minimum Gasteiger partial charge on any atom is -0.370 e. The third-order valence-electron chi connectivity index (χ3n) is 3.63. The maximum Gasteiger partial charge on any atom is 0.191 e. The Labute approximate surface area is 147 Å². The van der Waals surface area contributed by atoms with Crippen molar-refractivity contribution in [2.75, 3.05) is 19.6 Å². The molecule has 2 N–H and O–H groups in total. The Morgan fingerprint density at radius 3 is 2.52 bits per heavy atom. The van der Waals surface area contributed by atoms with Crippen molar-refractivity contribution in [3.05, 3.63) is 34.6 Å². The lowest BCUT2D eigenvalue weighted by Gasteiger charge is -2.21. The van der Waals surface area contributed by atoms with E-state index in [0.717, 1.165) is 25.9 Å². The Morgan fingerprint density at radius 2 is 1.90 bits per heavy atom. The van der Waals surface area contributed by atoms with Gasteiger partial charge in [-0.05, 0) is 31.4 Å². The van der Waals surface area contributed by atoms with Crippen molar-refractivity contribution >= 4 is 41.5 Å². The number of hydrogen-bond acceptors (Lipinski definition) is 1. The molecule has 1 aromatic carbocycles. The minimum atomic E-state index is -0.277. The summed E-state index contributed by atoms with van der Waals surface area (Å²) < 4.78 is 13.6. The van der Waals surface area contributed by atoms with Crippen LogP contribution in [0.5, 0.6) is 0 Å². The molecule has 1 saturated heterocycles. The van der Waals surface area contributed by atoms with Crippen molar-refractivity contribution in [3.8, 4) is 0 Å². The molecule has 3 nitrogen and oxygen atoms in total. The van der Waals surface area contributed by atoms with Crippen LogP contribution < -0.4 is 5.73 Å². The van der Waals surface area contributed by atoms with Crippen LogP contribution in [0.15, 0.2) is 23.2 Å². The largest absolute Gasteiger partial charge is 0.370 e. The highest BCUT2D eigenvalue weighted by Crippen LogP contribution is 2.19. The molecule has 0 radical (unpaired) electrons. The molecule has 1 aliphatic heterocycles. The van der Waals surface area contributed by atoms with Gasteiger partial charge in [0.1, 0.15) is 5.82 Å². The molecular formula is C15H22ClFIN3. The van der Waals surface area contributed by atoms with Crippen molar-refractivity contribution in [2.24, 2.45) is 10.7 Å². The lowest BCUT2D eigenvalue weighted by atomic mass is 10.1. The number of benzene rings is 1. The molecule has 0 aliphatic carbocycles. The first-order valence-corrected chi connectivity index (χ1v) is 7.54. The summed E-state index contributed by atoms with van der Waals surface area (Å²) in [4.78, 5) is 6.48. The van der Waals surface area contributed by atoms with Gasteiger partial charge in [0, 0.05) is 30.2 Å². The quantitative estimate of drug-likeness (QED) is 0.454. The van der Waals surface area contributed by atoms with Crippen molar-refractivity contribution in [1.29, 1.82) is 0 Å². The second-order valence-electron chi connectivity index (χ2n) is 5.09. The topological polar surface area (TPSA) is 41.6 Å². The summed E-state index contributed by atoms with van der Waals surface area (Å²) in [5.74, 6) is 0.292. The van der Waals surface area contributed by atoms with Crippen LogP contribution in [0, 0.1) is 5.82 Å². The molecule has 118 valence electrons. The molecule has 1 aliphatic rings. The van der Waals surface area contributed by atoms with Gasteiger partial charge in [-0.2, -0.15) is 0 Å². The first-order chi connectivity index (χ1) is 9.68. The highest BCUT2D eigenvalue weighted by molar-refractivity contribution is 14.0. The fourth-order valence-corrected chi connectivity index (χ4v) is 2.71. The normalized spacial score (nSPS) is 16.3. The molecule has 6 heteroatoms. The van der Waals surface area contributed by atoms with Gasteiger partial charge < -0.3 is 10.6 Å². The lowest BCUT2D eigenvalue weighted by Crippen LogP contribution is -2.38. The molecule has 0 spiro atoms. The van der Waals surface area contributed by atoms with Gasteiger partial charge in [-0.3, -0.25) is 4.99 Å².